The molecule has 21 heavy (non-hydrogen) atoms. The highest BCUT2D eigenvalue weighted by Crippen LogP contribution is 2.38. The molecule has 1 aliphatic rings. The number of fused-ring (bicyclic) bond motifs is 1. The largest absolute Gasteiger partial charge is 0.481 e. The highest BCUT2D eigenvalue weighted by Gasteiger charge is 2.34. The fourth-order valence-electron chi connectivity index (χ4n) is 2.84. The van der Waals surface area contributed by atoms with Crippen molar-refractivity contribution in [1.29, 1.82) is 0 Å². The molecule has 0 radical (unpaired) electrons. The molecule has 0 fully saturated rings. The van der Waals surface area contributed by atoms with Crippen LogP contribution in [0.2, 0.25) is 0 Å². The van der Waals surface area contributed by atoms with Crippen LogP contribution in [0, 0.1) is 0 Å². The third-order valence-corrected chi connectivity index (χ3v) is 3.94. The summed E-state index contributed by atoms with van der Waals surface area (Å²) in [6.07, 6.45) is 2.61. The molecule has 0 aromatic heterocycles. The number of carbonyl (C=O) groups excluding carboxylic acids is 1. The van der Waals surface area contributed by atoms with E-state index in [2.05, 4.69) is 6.92 Å². The van der Waals surface area contributed by atoms with E-state index in [-0.39, 0.29) is 18.2 Å². The minimum Gasteiger partial charge on any atom is -0.481 e. The van der Waals surface area contributed by atoms with Gasteiger partial charge in [-0.2, -0.15) is 0 Å². The maximum Gasteiger partial charge on any atom is 0.304 e. The van der Waals surface area contributed by atoms with Gasteiger partial charge in [-0.3, -0.25) is 9.59 Å². The zero-order valence-electron chi connectivity index (χ0n) is 12.3. The number of carboxylic acid groups (broad SMARTS) is 1. The van der Waals surface area contributed by atoms with Gasteiger partial charge in [-0.25, -0.2) is 0 Å². The molecule has 1 aromatic carbocycles. The number of hydrogen-bond acceptors (Lipinski definition) is 3. The van der Waals surface area contributed by atoms with E-state index in [1.807, 2.05) is 24.3 Å². The van der Waals surface area contributed by atoms with Gasteiger partial charge in [-0.15, -0.1) is 0 Å². The van der Waals surface area contributed by atoms with Crippen molar-refractivity contribution in [1.82, 2.24) is 0 Å². The lowest BCUT2D eigenvalue weighted by Crippen LogP contribution is -2.43. The fourth-order valence-corrected chi connectivity index (χ4v) is 2.84. The highest BCUT2D eigenvalue weighted by molar-refractivity contribution is 5.99. The third kappa shape index (κ3) is 3.42. The van der Waals surface area contributed by atoms with E-state index in [0.717, 1.165) is 24.1 Å². The molecular weight excluding hydrogens is 268 g/mol. The summed E-state index contributed by atoms with van der Waals surface area (Å²) in [4.78, 5) is 25.1. The summed E-state index contributed by atoms with van der Waals surface area (Å²) in [5.74, 6) is -1.11. The monoisotopic (exact) mass is 290 g/mol. The number of nitrogens with zero attached hydrogens (tertiary/aromatic N) is 1. The molecule has 1 aliphatic heterocycles. The molecule has 0 bridgehead atoms. The average molecular weight is 290 g/mol. The van der Waals surface area contributed by atoms with Crippen LogP contribution in [-0.4, -0.2) is 29.6 Å². The number of carbonyl (C=O) groups is 2. The van der Waals surface area contributed by atoms with Gasteiger partial charge in [0.1, 0.15) is 0 Å². The molecule has 0 saturated heterocycles. The van der Waals surface area contributed by atoms with Crippen LogP contribution >= 0.6 is 0 Å². The molecule has 1 aromatic rings. The number of benzene rings is 1. The first-order chi connectivity index (χ1) is 10.0. The Bertz CT molecular complexity index is 530. The topological polar surface area (TPSA) is 83.6 Å². The summed E-state index contributed by atoms with van der Waals surface area (Å²) in [5, 5.41) is 9.02. The first kappa shape index (κ1) is 15.5. The Kier molecular flexibility index (Phi) is 4.96. The number of aliphatic carboxylic acids is 1. The summed E-state index contributed by atoms with van der Waals surface area (Å²) in [6.45, 7) is 2.47. The minimum atomic E-state index is -0.848. The van der Waals surface area contributed by atoms with Gasteiger partial charge in [0.15, 0.2) is 0 Å². The molecule has 2 rings (SSSR count). The maximum absolute atomic E-state index is 12.5. The first-order valence-electron chi connectivity index (χ1n) is 7.42. The molecule has 5 heteroatoms. The van der Waals surface area contributed by atoms with E-state index in [9.17, 15) is 9.59 Å². The van der Waals surface area contributed by atoms with Crippen LogP contribution in [0.3, 0.4) is 0 Å². The molecule has 114 valence electrons. The van der Waals surface area contributed by atoms with Gasteiger partial charge in [0.25, 0.3) is 0 Å². The van der Waals surface area contributed by atoms with Crippen molar-refractivity contribution >= 4 is 17.6 Å². The second-order valence-electron chi connectivity index (χ2n) is 5.55. The van der Waals surface area contributed by atoms with Crippen LogP contribution in [-0.2, 0) is 9.59 Å². The molecule has 0 aliphatic carbocycles. The Morgan fingerprint density at radius 2 is 2.14 bits per heavy atom. The van der Waals surface area contributed by atoms with E-state index in [0.29, 0.717) is 13.0 Å². The number of amides is 1. The zero-order valence-corrected chi connectivity index (χ0v) is 12.3. The second-order valence-corrected chi connectivity index (χ2v) is 5.55. The number of rotatable bonds is 6. The molecule has 0 saturated carbocycles. The van der Waals surface area contributed by atoms with Crippen LogP contribution in [0.5, 0.6) is 0 Å². The molecule has 1 amide bonds. The molecule has 0 spiro atoms. The lowest BCUT2D eigenvalue weighted by atomic mass is 9.98. The lowest BCUT2D eigenvalue weighted by molar-refractivity contribution is -0.137. The van der Waals surface area contributed by atoms with Gasteiger partial charge in [0.05, 0.1) is 12.5 Å². The summed E-state index contributed by atoms with van der Waals surface area (Å²) < 4.78 is 0. The number of hydrogen-bond donors (Lipinski definition) is 2. The van der Waals surface area contributed by atoms with Crippen molar-refractivity contribution in [2.75, 3.05) is 11.4 Å². The van der Waals surface area contributed by atoms with Crippen molar-refractivity contribution in [3.05, 3.63) is 29.8 Å². The summed E-state index contributed by atoms with van der Waals surface area (Å²) in [5.41, 5.74) is 7.71. The second kappa shape index (κ2) is 6.72. The maximum atomic E-state index is 12.5. The van der Waals surface area contributed by atoms with Crippen LogP contribution in [0.4, 0.5) is 5.69 Å². The molecule has 2 unspecified atom stereocenters. The number of anilines is 1. The fraction of sp³-hybridized carbons (Fsp3) is 0.500. The average Bonchev–Trinajstić information content (AvgIpc) is 2.82. The number of nitrogens with two attached hydrogens (primary N) is 1. The quantitative estimate of drug-likeness (QED) is 0.840. The van der Waals surface area contributed by atoms with Crippen LogP contribution < -0.4 is 10.6 Å². The predicted molar refractivity (Wildman–Crippen MR) is 81.3 cm³/mol. The lowest BCUT2D eigenvalue weighted by Gasteiger charge is -2.22. The van der Waals surface area contributed by atoms with Crippen LogP contribution in [0.15, 0.2) is 24.3 Å². The number of para-hydroxylation sites is 1. The minimum absolute atomic E-state index is 0.0327. The summed E-state index contributed by atoms with van der Waals surface area (Å²) in [6, 6.07) is 6.98. The Hall–Kier alpha value is -1.88. The van der Waals surface area contributed by atoms with Crippen molar-refractivity contribution in [2.45, 2.75) is 44.6 Å². The first-order valence-corrected chi connectivity index (χ1v) is 7.42. The Labute approximate surface area is 124 Å². The normalized spacial score (nSPS) is 18.4. The number of carboxylic acids is 1. The SMILES string of the molecule is CCCCC(N)C(=O)N1CC(CC(=O)O)c2ccccc21. The van der Waals surface area contributed by atoms with E-state index < -0.39 is 12.0 Å². The third-order valence-electron chi connectivity index (χ3n) is 3.94. The highest BCUT2D eigenvalue weighted by atomic mass is 16.4. The van der Waals surface area contributed by atoms with Crippen molar-refractivity contribution in [3.8, 4) is 0 Å². The Morgan fingerprint density at radius 1 is 1.43 bits per heavy atom. The molecule has 1 heterocycles. The van der Waals surface area contributed by atoms with E-state index in [1.54, 1.807) is 4.90 Å². The van der Waals surface area contributed by atoms with Crippen molar-refractivity contribution < 1.29 is 14.7 Å². The van der Waals surface area contributed by atoms with Gasteiger partial charge in [0, 0.05) is 18.2 Å². The van der Waals surface area contributed by atoms with Crippen molar-refractivity contribution in [3.63, 3.8) is 0 Å². The zero-order chi connectivity index (χ0) is 15.4. The molecular formula is C16H22N2O3. The van der Waals surface area contributed by atoms with Gasteiger partial charge in [-0.1, -0.05) is 38.0 Å². The Morgan fingerprint density at radius 3 is 2.81 bits per heavy atom. The predicted octanol–water partition coefficient (Wildman–Crippen LogP) is 2.11. The Balaban J connectivity index is 2.18. The summed E-state index contributed by atoms with van der Waals surface area (Å²) in [7, 11) is 0. The van der Waals surface area contributed by atoms with Gasteiger partial charge in [-0.05, 0) is 18.1 Å². The van der Waals surface area contributed by atoms with E-state index >= 15 is 0 Å². The standard InChI is InChI=1S/C16H22N2O3/c1-2-3-7-13(17)16(21)18-10-11(9-15(19)20)12-6-4-5-8-14(12)18/h4-6,8,11,13H,2-3,7,9-10,17H2,1H3,(H,19,20). The van der Waals surface area contributed by atoms with Gasteiger partial charge in [0.2, 0.25) is 5.91 Å². The molecule has 2 atom stereocenters. The summed E-state index contributed by atoms with van der Waals surface area (Å²) >= 11 is 0. The van der Waals surface area contributed by atoms with E-state index in [1.165, 1.54) is 0 Å². The smallest absolute Gasteiger partial charge is 0.304 e. The number of unbranched alkanes of at least 4 members (excludes halogenated alkanes) is 1. The van der Waals surface area contributed by atoms with Crippen molar-refractivity contribution in [2.24, 2.45) is 5.73 Å². The molecule has 5 nitrogen and oxygen atoms in total. The van der Waals surface area contributed by atoms with Gasteiger partial charge < -0.3 is 15.7 Å². The van der Waals surface area contributed by atoms with Crippen LogP contribution in [0.1, 0.15) is 44.1 Å². The van der Waals surface area contributed by atoms with Crippen LogP contribution in [0.25, 0.3) is 0 Å². The van der Waals surface area contributed by atoms with E-state index in [4.69, 9.17) is 10.8 Å². The molecule has 3 N–H and O–H groups in total. The van der Waals surface area contributed by atoms with Gasteiger partial charge >= 0.3 is 5.97 Å².